The molecule has 0 bridgehead atoms. The van der Waals surface area contributed by atoms with Gasteiger partial charge in [-0.1, -0.05) is 18.2 Å². The van der Waals surface area contributed by atoms with E-state index in [-0.39, 0.29) is 21.0 Å². The van der Waals surface area contributed by atoms with Crippen molar-refractivity contribution in [3.8, 4) is 0 Å². The second-order valence-electron chi connectivity index (χ2n) is 6.92. The van der Waals surface area contributed by atoms with Crippen molar-refractivity contribution in [3.63, 3.8) is 0 Å². The minimum absolute atomic E-state index is 0. The number of fused-ring (bicyclic) bond motifs is 2. The molecule has 0 radical (unpaired) electrons. The largest absolute Gasteiger partial charge is 0.459 e. The van der Waals surface area contributed by atoms with Gasteiger partial charge in [-0.3, -0.25) is 0 Å². The van der Waals surface area contributed by atoms with Gasteiger partial charge in [-0.05, 0) is 33.3 Å². The first-order valence-corrected chi connectivity index (χ1v) is 8.96. The molecule has 2 N–H and O–H groups in total. The van der Waals surface area contributed by atoms with Gasteiger partial charge >= 0.3 is 6.03 Å². The standard InChI is InChI=1S/C19H23N5O2.2H2/c1-11-15-6-4-5-7-16(15)26-18(11)12(2)20-19(25)22-14-8-9-17-21-13(3)23-24(17)10-14;;/h4-7,12,14H,8-10H2,1-3H3,(H2,20,22,25);2*1H. The molecular weight excluding hydrogens is 330 g/mol. The first-order chi connectivity index (χ1) is 12.5. The van der Waals surface area contributed by atoms with Gasteiger partial charge in [0.1, 0.15) is 23.0 Å². The van der Waals surface area contributed by atoms with Crippen LogP contribution in [0.2, 0.25) is 0 Å². The summed E-state index contributed by atoms with van der Waals surface area (Å²) in [6.07, 6.45) is 1.69. The summed E-state index contributed by atoms with van der Waals surface area (Å²) >= 11 is 0. The molecule has 1 aliphatic heterocycles. The summed E-state index contributed by atoms with van der Waals surface area (Å²) in [4.78, 5) is 16.8. The van der Waals surface area contributed by atoms with Crippen LogP contribution in [0.1, 0.15) is 45.2 Å². The predicted molar refractivity (Wildman–Crippen MR) is 102 cm³/mol. The van der Waals surface area contributed by atoms with E-state index in [0.717, 1.165) is 46.8 Å². The summed E-state index contributed by atoms with van der Waals surface area (Å²) in [5, 5.41) is 11.5. The quantitative estimate of drug-likeness (QED) is 0.751. The fourth-order valence-corrected chi connectivity index (χ4v) is 3.65. The molecule has 3 heterocycles. The number of nitrogens with zero attached hydrogens (tertiary/aromatic N) is 3. The normalized spacial score (nSPS) is 17.7. The molecule has 2 amide bonds. The number of nitrogens with one attached hydrogen (secondary N) is 2. The van der Waals surface area contributed by atoms with Gasteiger partial charge in [0, 0.05) is 20.2 Å². The Morgan fingerprint density at radius 1 is 1.38 bits per heavy atom. The number of aromatic nitrogens is 3. The molecular formula is C19H27N5O2. The number of furan rings is 1. The van der Waals surface area contributed by atoms with Gasteiger partial charge in [0.15, 0.2) is 0 Å². The molecule has 0 spiro atoms. The van der Waals surface area contributed by atoms with E-state index in [1.807, 2.05) is 49.7 Å². The van der Waals surface area contributed by atoms with Gasteiger partial charge in [-0.15, -0.1) is 0 Å². The Labute approximate surface area is 154 Å². The summed E-state index contributed by atoms with van der Waals surface area (Å²) in [5.74, 6) is 2.56. The van der Waals surface area contributed by atoms with E-state index in [9.17, 15) is 4.79 Å². The predicted octanol–water partition coefficient (Wildman–Crippen LogP) is 3.51. The van der Waals surface area contributed by atoms with Gasteiger partial charge in [0.2, 0.25) is 0 Å². The molecule has 7 nitrogen and oxygen atoms in total. The number of benzene rings is 1. The van der Waals surface area contributed by atoms with E-state index in [1.165, 1.54) is 0 Å². The molecule has 140 valence electrons. The summed E-state index contributed by atoms with van der Waals surface area (Å²) in [7, 11) is 0. The van der Waals surface area contributed by atoms with Crippen molar-refractivity contribution in [2.45, 2.75) is 52.2 Å². The van der Waals surface area contributed by atoms with E-state index in [4.69, 9.17) is 4.42 Å². The number of hydrogen-bond acceptors (Lipinski definition) is 4. The fraction of sp³-hybridized carbons (Fsp3) is 0.421. The highest BCUT2D eigenvalue weighted by atomic mass is 16.3. The van der Waals surface area contributed by atoms with Crippen molar-refractivity contribution in [3.05, 3.63) is 47.2 Å². The topological polar surface area (TPSA) is 85.0 Å². The third-order valence-electron chi connectivity index (χ3n) is 4.92. The van der Waals surface area contributed by atoms with E-state index < -0.39 is 0 Å². The van der Waals surface area contributed by atoms with Crippen LogP contribution in [-0.2, 0) is 13.0 Å². The zero-order chi connectivity index (χ0) is 18.3. The molecule has 2 unspecified atom stereocenters. The Kier molecular flexibility index (Phi) is 4.14. The lowest BCUT2D eigenvalue weighted by Gasteiger charge is -2.24. The molecule has 0 saturated carbocycles. The van der Waals surface area contributed by atoms with Crippen molar-refractivity contribution in [1.82, 2.24) is 25.4 Å². The van der Waals surface area contributed by atoms with Gasteiger partial charge in [-0.2, -0.15) is 5.10 Å². The Balaban J connectivity index is 0.00000140. The summed E-state index contributed by atoms with van der Waals surface area (Å²) in [5.41, 5.74) is 1.91. The van der Waals surface area contributed by atoms with Crippen molar-refractivity contribution in [1.29, 1.82) is 0 Å². The molecule has 2 aromatic heterocycles. The number of hydrogen-bond donors (Lipinski definition) is 2. The molecule has 26 heavy (non-hydrogen) atoms. The molecule has 1 aromatic carbocycles. The second kappa shape index (κ2) is 6.48. The highest BCUT2D eigenvalue weighted by Gasteiger charge is 2.24. The maximum Gasteiger partial charge on any atom is 0.315 e. The average Bonchev–Trinajstić information content (AvgIpc) is 3.14. The van der Waals surface area contributed by atoms with E-state index >= 15 is 0 Å². The van der Waals surface area contributed by atoms with Crippen molar-refractivity contribution < 1.29 is 12.1 Å². The Hall–Kier alpha value is -2.83. The maximum absolute atomic E-state index is 12.4. The zero-order valence-corrected chi connectivity index (χ0v) is 15.2. The fourth-order valence-electron chi connectivity index (χ4n) is 3.65. The van der Waals surface area contributed by atoms with Crippen LogP contribution in [0.5, 0.6) is 0 Å². The summed E-state index contributed by atoms with van der Waals surface area (Å²) in [6.45, 7) is 6.50. The van der Waals surface area contributed by atoms with Crippen molar-refractivity contribution in [2.75, 3.05) is 0 Å². The number of rotatable bonds is 3. The van der Waals surface area contributed by atoms with Crippen LogP contribution >= 0.6 is 0 Å². The molecule has 0 fully saturated rings. The number of carbonyl (C=O) groups is 1. The Morgan fingerprint density at radius 2 is 2.19 bits per heavy atom. The number of amides is 2. The third kappa shape index (κ3) is 3.05. The number of para-hydroxylation sites is 1. The number of aryl methyl sites for hydroxylation is 3. The average molecular weight is 357 g/mol. The van der Waals surface area contributed by atoms with Crippen LogP contribution in [0.3, 0.4) is 0 Å². The Morgan fingerprint density at radius 3 is 3.00 bits per heavy atom. The lowest BCUT2D eigenvalue weighted by molar-refractivity contribution is 0.227. The molecule has 7 heteroatoms. The second-order valence-corrected chi connectivity index (χ2v) is 6.92. The maximum atomic E-state index is 12.4. The minimum atomic E-state index is -0.213. The number of carbonyl (C=O) groups excluding carboxylic acids is 1. The molecule has 4 rings (SSSR count). The third-order valence-corrected chi connectivity index (χ3v) is 4.92. The van der Waals surface area contributed by atoms with E-state index in [0.29, 0.717) is 6.54 Å². The molecule has 0 saturated heterocycles. The van der Waals surface area contributed by atoms with Crippen molar-refractivity contribution in [2.24, 2.45) is 0 Å². The zero-order valence-electron chi connectivity index (χ0n) is 15.2. The van der Waals surface area contributed by atoms with Gasteiger partial charge in [0.05, 0.1) is 18.6 Å². The molecule has 1 aliphatic rings. The molecule has 2 atom stereocenters. The highest BCUT2D eigenvalue weighted by molar-refractivity contribution is 5.82. The molecule has 0 aliphatic carbocycles. The van der Waals surface area contributed by atoms with Crippen LogP contribution in [0.4, 0.5) is 4.79 Å². The van der Waals surface area contributed by atoms with Crippen molar-refractivity contribution >= 4 is 17.0 Å². The smallest absolute Gasteiger partial charge is 0.315 e. The van der Waals surface area contributed by atoms with Gasteiger partial charge in [0.25, 0.3) is 0 Å². The lowest BCUT2D eigenvalue weighted by Crippen LogP contribution is -2.46. The first kappa shape index (κ1) is 16.6. The summed E-state index contributed by atoms with van der Waals surface area (Å²) in [6, 6.07) is 7.55. The van der Waals surface area contributed by atoms with E-state index in [2.05, 4.69) is 20.7 Å². The van der Waals surface area contributed by atoms with Crippen LogP contribution in [-0.4, -0.2) is 26.8 Å². The minimum Gasteiger partial charge on any atom is -0.459 e. The van der Waals surface area contributed by atoms with Gasteiger partial charge in [-0.25, -0.2) is 14.5 Å². The lowest BCUT2D eigenvalue weighted by atomic mass is 10.1. The number of urea groups is 1. The van der Waals surface area contributed by atoms with E-state index in [1.54, 1.807) is 0 Å². The Bertz CT molecular complexity index is 969. The van der Waals surface area contributed by atoms with Crippen LogP contribution in [0.15, 0.2) is 28.7 Å². The van der Waals surface area contributed by atoms with Crippen LogP contribution < -0.4 is 10.6 Å². The SMILES string of the molecule is Cc1nc2n(n1)CC(NC(=O)NC(C)c1oc3ccccc3c1C)CC2.[HH].[HH]. The van der Waals surface area contributed by atoms with Crippen LogP contribution in [0, 0.1) is 13.8 Å². The monoisotopic (exact) mass is 357 g/mol. The summed E-state index contributed by atoms with van der Waals surface area (Å²) < 4.78 is 7.82. The van der Waals surface area contributed by atoms with Crippen LogP contribution in [0.25, 0.3) is 11.0 Å². The first-order valence-electron chi connectivity index (χ1n) is 8.96. The highest BCUT2D eigenvalue weighted by Crippen LogP contribution is 2.29. The van der Waals surface area contributed by atoms with Gasteiger partial charge < -0.3 is 15.1 Å². The molecule has 3 aromatic rings.